The highest BCUT2D eigenvalue weighted by molar-refractivity contribution is 5.80. The molecule has 3 nitrogen and oxygen atoms in total. The molecule has 0 amide bonds. The molecule has 0 radical (unpaired) electrons. The molecule has 78 valence electrons. The van der Waals surface area contributed by atoms with Crippen LogP contribution in [0.1, 0.15) is 34.6 Å². The van der Waals surface area contributed by atoms with Crippen LogP contribution in [-0.4, -0.2) is 30.7 Å². The van der Waals surface area contributed by atoms with Crippen molar-refractivity contribution >= 4 is 5.78 Å². The average Bonchev–Trinajstić information content (AvgIpc) is 1.95. The number of carbonyl (C=O) groups excluding carboxylic acids is 1. The Labute approximate surface area is 80.4 Å². The van der Waals surface area contributed by atoms with Gasteiger partial charge in [0, 0.05) is 0 Å². The first-order valence-corrected chi connectivity index (χ1v) is 4.58. The number of rotatable bonds is 5. The lowest BCUT2D eigenvalue weighted by molar-refractivity contribution is -0.134. The van der Waals surface area contributed by atoms with Crippen LogP contribution in [0.25, 0.3) is 0 Å². The van der Waals surface area contributed by atoms with Gasteiger partial charge in [0.2, 0.25) is 0 Å². The highest BCUT2D eigenvalue weighted by Gasteiger charge is 2.13. The second-order valence-electron chi connectivity index (χ2n) is 4.30. The van der Waals surface area contributed by atoms with Crippen molar-refractivity contribution in [3.63, 3.8) is 0 Å². The van der Waals surface area contributed by atoms with Crippen molar-refractivity contribution in [1.82, 2.24) is 0 Å². The Balaban J connectivity index is 3.53. The molecule has 0 aromatic rings. The molecular formula is C10H20O3. The van der Waals surface area contributed by atoms with Crippen molar-refractivity contribution in [3.05, 3.63) is 0 Å². The van der Waals surface area contributed by atoms with Gasteiger partial charge in [0.25, 0.3) is 0 Å². The molecule has 3 heteroatoms. The van der Waals surface area contributed by atoms with E-state index in [1.165, 1.54) is 0 Å². The maximum Gasteiger partial charge on any atom is 0.184 e. The van der Waals surface area contributed by atoms with Gasteiger partial charge in [0.1, 0.15) is 13.2 Å². The van der Waals surface area contributed by atoms with Crippen LogP contribution in [0.2, 0.25) is 0 Å². The number of carbonyl (C=O) groups is 1. The van der Waals surface area contributed by atoms with Crippen LogP contribution in [0.15, 0.2) is 0 Å². The quantitative estimate of drug-likeness (QED) is 0.660. The lowest BCUT2D eigenvalue weighted by Crippen LogP contribution is -2.26. The molecule has 13 heavy (non-hydrogen) atoms. The predicted octanol–water partition coefficient (Wildman–Crippen LogP) is 1.80. The van der Waals surface area contributed by atoms with E-state index in [0.29, 0.717) is 0 Å². The van der Waals surface area contributed by atoms with Crippen LogP contribution in [0.5, 0.6) is 0 Å². The standard InChI is InChI=1S/C10H20O3/c1-8(2)12-6-9(11)7-13-10(3,4)5/h8H,6-7H2,1-5H3. The molecule has 0 saturated carbocycles. The third-order valence-corrected chi connectivity index (χ3v) is 1.24. The van der Waals surface area contributed by atoms with E-state index in [4.69, 9.17) is 9.47 Å². The highest BCUT2D eigenvalue weighted by atomic mass is 16.5. The number of Topliss-reactive ketones (excluding diaryl/α,β-unsaturated/α-hetero) is 1. The largest absolute Gasteiger partial charge is 0.371 e. The third-order valence-electron chi connectivity index (χ3n) is 1.24. The first-order chi connectivity index (χ1) is 5.81. The van der Waals surface area contributed by atoms with Gasteiger partial charge in [-0.3, -0.25) is 4.79 Å². The summed E-state index contributed by atoms with van der Waals surface area (Å²) in [6, 6.07) is 0. The minimum atomic E-state index is -0.256. The highest BCUT2D eigenvalue weighted by Crippen LogP contribution is 2.05. The van der Waals surface area contributed by atoms with Crippen LogP contribution in [0.3, 0.4) is 0 Å². The SMILES string of the molecule is CC(C)OCC(=O)COC(C)(C)C. The summed E-state index contributed by atoms with van der Waals surface area (Å²) < 4.78 is 10.4. The summed E-state index contributed by atoms with van der Waals surface area (Å²) in [6.45, 7) is 9.84. The van der Waals surface area contributed by atoms with Gasteiger partial charge in [0.15, 0.2) is 5.78 Å². The minimum absolute atomic E-state index is 0.0105. The van der Waals surface area contributed by atoms with Crippen molar-refractivity contribution in [2.45, 2.75) is 46.3 Å². The van der Waals surface area contributed by atoms with Crippen LogP contribution >= 0.6 is 0 Å². The molecule has 0 aliphatic heterocycles. The average molecular weight is 188 g/mol. The number of hydrogen-bond donors (Lipinski definition) is 0. The fraction of sp³-hybridized carbons (Fsp3) is 0.900. The summed E-state index contributed by atoms with van der Waals surface area (Å²) in [5.74, 6) is -0.0105. The zero-order valence-corrected chi connectivity index (χ0v) is 9.22. The van der Waals surface area contributed by atoms with E-state index in [0.717, 1.165) is 0 Å². The summed E-state index contributed by atoms with van der Waals surface area (Å²) >= 11 is 0. The van der Waals surface area contributed by atoms with Gasteiger partial charge in [-0.05, 0) is 34.6 Å². The molecule has 0 saturated heterocycles. The van der Waals surface area contributed by atoms with Gasteiger partial charge < -0.3 is 9.47 Å². The van der Waals surface area contributed by atoms with Gasteiger partial charge in [-0.1, -0.05) is 0 Å². The van der Waals surface area contributed by atoms with E-state index in [2.05, 4.69) is 0 Å². The van der Waals surface area contributed by atoms with E-state index in [1.807, 2.05) is 34.6 Å². The van der Waals surface area contributed by atoms with Gasteiger partial charge in [0.05, 0.1) is 11.7 Å². The summed E-state index contributed by atoms with van der Waals surface area (Å²) in [5.41, 5.74) is -0.256. The Morgan fingerprint density at radius 1 is 1.23 bits per heavy atom. The van der Waals surface area contributed by atoms with Crippen molar-refractivity contribution in [2.24, 2.45) is 0 Å². The van der Waals surface area contributed by atoms with E-state index in [9.17, 15) is 4.79 Å². The molecule has 0 aliphatic rings. The number of ether oxygens (including phenoxy) is 2. The van der Waals surface area contributed by atoms with Crippen molar-refractivity contribution < 1.29 is 14.3 Å². The van der Waals surface area contributed by atoms with Crippen LogP contribution in [0, 0.1) is 0 Å². The molecule has 0 heterocycles. The minimum Gasteiger partial charge on any atom is -0.371 e. The molecule has 0 N–H and O–H groups in total. The maximum absolute atomic E-state index is 11.1. The van der Waals surface area contributed by atoms with E-state index in [-0.39, 0.29) is 30.7 Å². The number of ketones is 1. The molecule has 0 unspecified atom stereocenters. The van der Waals surface area contributed by atoms with E-state index in [1.54, 1.807) is 0 Å². The topological polar surface area (TPSA) is 35.5 Å². The summed E-state index contributed by atoms with van der Waals surface area (Å²) in [4.78, 5) is 11.1. The molecule has 0 aliphatic carbocycles. The van der Waals surface area contributed by atoms with Gasteiger partial charge in [-0.15, -0.1) is 0 Å². The first kappa shape index (κ1) is 12.6. The lowest BCUT2D eigenvalue weighted by Gasteiger charge is -2.18. The molecule has 0 aromatic carbocycles. The lowest BCUT2D eigenvalue weighted by atomic mass is 10.2. The normalized spacial score (nSPS) is 12.2. The van der Waals surface area contributed by atoms with Gasteiger partial charge in [-0.25, -0.2) is 0 Å². The van der Waals surface area contributed by atoms with Crippen LogP contribution < -0.4 is 0 Å². The van der Waals surface area contributed by atoms with E-state index >= 15 is 0 Å². The summed E-state index contributed by atoms with van der Waals surface area (Å²) in [7, 11) is 0. The molecule has 0 spiro atoms. The fourth-order valence-corrected chi connectivity index (χ4v) is 0.598. The first-order valence-electron chi connectivity index (χ1n) is 4.58. The summed E-state index contributed by atoms with van der Waals surface area (Å²) in [5, 5.41) is 0. The Hall–Kier alpha value is -0.410. The van der Waals surface area contributed by atoms with Gasteiger partial charge >= 0.3 is 0 Å². The molecule has 0 aromatic heterocycles. The zero-order valence-electron chi connectivity index (χ0n) is 9.22. The van der Waals surface area contributed by atoms with Crippen molar-refractivity contribution in [2.75, 3.05) is 13.2 Å². The Kier molecular flexibility index (Phi) is 5.18. The maximum atomic E-state index is 11.1. The van der Waals surface area contributed by atoms with Gasteiger partial charge in [-0.2, -0.15) is 0 Å². The zero-order chi connectivity index (χ0) is 10.5. The van der Waals surface area contributed by atoms with Crippen LogP contribution in [0.4, 0.5) is 0 Å². The second-order valence-corrected chi connectivity index (χ2v) is 4.30. The Morgan fingerprint density at radius 3 is 2.15 bits per heavy atom. The molecule has 0 atom stereocenters. The molecule has 0 bridgehead atoms. The Bertz CT molecular complexity index is 156. The third kappa shape index (κ3) is 9.50. The second kappa shape index (κ2) is 5.35. The molecule has 0 rings (SSSR count). The monoisotopic (exact) mass is 188 g/mol. The molecular weight excluding hydrogens is 168 g/mol. The fourth-order valence-electron chi connectivity index (χ4n) is 0.598. The Morgan fingerprint density at radius 2 is 1.77 bits per heavy atom. The van der Waals surface area contributed by atoms with Crippen molar-refractivity contribution in [1.29, 1.82) is 0 Å². The summed E-state index contributed by atoms with van der Waals surface area (Å²) in [6.07, 6.45) is 0.0959. The number of hydrogen-bond acceptors (Lipinski definition) is 3. The van der Waals surface area contributed by atoms with E-state index < -0.39 is 0 Å². The smallest absolute Gasteiger partial charge is 0.184 e. The predicted molar refractivity (Wildman–Crippen MR) is 51.8 cm³/mol. The molecule has 0 fully saturated rings. The van der Waals surface area contributed by atoms with Crippen LogP contribution in [-0.2, 0) is 14.3 Å². The van der Waals surface area contributed by atoms with Crippen molar-refractivity contribution in [3.8, 4) is 0 Å².